The number of carbonyl (C=O) groups is 2. The second kappa shape index (κ2) is 10.7. The molecule has 0 bridgehead atoms. The normalized spacial score (nSPS) is 10.9. The minimum Gasteiger partial charge on any atom is -0.327 e. The SMILES string of the molecule is Cc1ccccc1C(=O)N(CC(=O)Nc1nc(-c2ccccc2)cn1-c1ccc(F)c(Cl)c1)C(C)C. The van der Waals surface area contributed by atoms with Crippen LogP contribution in [0.5, 0.6) is 0 Å². The monoisotopic (exact) mass is 504 g/mol. The number of imidazole rings is 1. The lowest BCUT2D eigenvalue weighted by Gasteiger charge is -2.26. The van der Waals surface area contributed by atoms with Crippen molar-refractivity contribution in [2.75, 3.05) is 11.9 Å². The molecule has 0 fully saturated rings. The van der Waals surface area contributed by atoms with Crippen molar-refractivity contribution < 1.29 is 14.0 Å². The number of hydrogen-bond acceptors (Lipinski definition) is 3. The third kappa shape index (κ3) is 5.47. The summed E-state index contributed by atoms with van der Waals surface area (Å²) in [7, 11) is 0. The van der Waals surface area contributed by atoms with Gasteiger partial charge in [0.1, 0.15) is 12.4 Å². The second-order valence-electron chi connectivity index (χ2n) is 8.67. The van der Waals surface area contributed by atoms with Gasteiger partial charge in [-0.15, -0.1) is 0 Å². The molecular formula is C28H26ClFN4O2. The molecule has 0 aliphatic carbocycles. The zero-order valence-corrected chi connectivity index (χ0v) is 21.0. The van der Waals surface area contributed by atoms with Crippen molar-refractivity contribution >= 4 is 29.4 Å². The Bertz CT molecular complexity index is 1400. The van der Waals surface area contributed by atoms with Crippen LogP contribution in [0, 0.1) is 12.7 Å². The Kier molecular flexibility index (Phi) is 7.50. The molecule has 0 radical (unpaired) electrons. The quantitative estimate of drug-likeness (QED) is 0.329. The van der Waals surface area contributed by atoms with Crippen LogP contribution in [0.15, 0.2) is 79.0 Å². The van der Waals surface area contributed by atoms with Gasteiger partial charge in [-0.1, -0.05) is 60.1 Å². The summed E-state index contributed by atoms with van der Waals surface area (Å²) in [5.41, 5.74) is 3.38. The van der Waals surface area contributed by atoms with Crippen LogP contribution in [0.4, 0.5) is 10.3 Å². The van der Waals surface area contributed by atoms with E-state index in [1.54, 1.807) is 29.0 Å². The maximum Gasteiger partial charge on any atom is 0.254 e. The highest BCUT2D eigenvalue weighted by atomic mass is 35.5. The maximum atomic E-state index is 13.8. The van der Waals surface area contributed by atoms with Gasteiger partial charge in [-0.25, -0.2) is 9.37 Å². The van der Waals surface area contributed by atoms with Crippen LogP contribution in [0.2, 0.25) is 5.02 Å². The summed E-state index contributed by atoms with van der Waals surface area (Å²) in [4.78, 5) is 32.5. The fourth-order valence-corrected chi connectivity index (χ4v) is 4.00. The summed E-state index contributed by atoms with van der Waals surface area (Å²) >= 11 is 6.01. The molecule has 0 spiro atoms. The van der Waals surface area contributed by atoms with Gasteiger partial charge in [-0.2, -0.15) is 0 Å². The predicted octanol–water partition coefficient (Wildman–Crippen LogP) is 6.13. The second-order valence-corrected chi connectivity index (χ2v) is 9.08. The van der Waals surface area contributed by atoms with Crippen molar-refractivity contribution in [1.29, 1.82) is 0 Å². The molecular weight excluding hydrogens is 479 g/mol. The smallest absolute Gasteiger partial charge is 0.254 e. The molecule has 0 saturated carbocycles. The Morgan fingerprint density at radius 3 is 2.42 bits per heavy atom. The van der Waals surface area contributed by atoms with E-state index in [2.05, 4.69) is 10.3 Å². The van der Waals surface area contributed by atoms with E-state index in [0.29, 0.717) is 16.9 Å². The lowest BCUT2D eigenvalue weighted by Crippen LogP contribution is -2.42. The maximum absolute atomic E-state index is 13.8. The molecule has 1 N–H and O–H groups in total. The van der Waals surface area contributed by atoms with Crippen LogP contribution in [-0.2, 0) is 4.79 Å². The Balaban J connectivity index is 1.64. The highest BCUT2D eigenvalue weighted by molar-refractivity contribution is 6.30. The van der Waals surface area contributed by atoms with E-state index < -0.39 is 11.7 Å². The van der Waals surface area contributed by atoms with Gasteiger partial charge in [0.25, 0.3) is 5.91 Å². The number of rotatable bonds is 7. The van der Waals surface area contributed by atoms with Gasteiger partial charge in [0.2, 0.25) is 11.9 Å². The van der Waals surface area contributed by atoms with Gasteiger partial charge in [0.05, 0.1) is 16.4 Å². The Hall–Kier alpha value is -3.97. The summed E-state index contributed by atoms with van der Waals surface area (Å²) in [5.74, 6) is -0.951. The molecule has 0 atom stereocenters. The van der Waals surface area contributed by atoms with Crippen molar-refractivity contribution in [2.24, 2.45) is 0 Å². The summed E-state index contributed by atoms with van der Waals surface area (Å²) in [6, 6.07) is 20.8. The number of benzene rings is 3. The van der Waals surface area contributed by atoms with Gasteiger partial charge in [-0.05, 0) is 50.6 Å². The number of carbonyl (C=O) groups excluding carboxylic acids is 2. The number of nitrogens with zero attached hydrogens (tertiary/aromatic N) is 3. The molecule has 4 aromatic rings. The molecule has 1 aromatic heterocycles. The van der Waals surface area contributed by atoms with Crippen LogP contribution in [0.25, 0.3) is 16.9 Å². The average molecular weight is 505 g/mol. The highest BCUT2D eigenvalue weighted by Crippen LogP contribution is 2.26. The number of aryl methyl sites for hydroxylation is 1. The van der Waals surface area contributed by atoms with Crippen molar-refractivity contribution in [1.82, 2.24) is 14.5 Å². The zero-order valence-electron chi connectivity index (χ0n) is 20.2. The first kappa shape index (κ1) is 25.1. The molecule has 4 rings (SSSR count). The highest BCUT2D eigenvalue weighted by Gasteiger charge is 2.24. The van der Waals surface area contributed by atoms with Crippen molar-refractivity contribution in [3.63, 3.8) is 0 Å². The summed E-state index contributed by atoms with van der Waals surface area (Å²) in [5, 5.41) is 2.78. The van der Waals surface area contributed by atoms with Crippen LogP contribution in [0.1, 0.15) is 29.8 Å². The summed E-state index contributed by atoms with van der Waals surface area (Å²) in [6.07, 6.45) is 1.74. The Morgan fingerprint density at radius 2 is 1.75 bits per heavy atom. The molecule has 0 unspecified atom stereocenters. The third-order valence-corrected chi connectivity index (χ3v) is 6.07. The van der Waals surface area contributed by atoms with E-state index in [-0.39, 0.29) is 29.5 Å². The fraction of sp³-hybridized carbons (Fsp3) is 0.179. The molecule has 2 amide bonds. The van der Waals surface area contributed by atoms with Crippen molar-refractivity contribution in [3.05, 3.63) is 101 Å². The number of aromatic nitrogens is 2. The van der Waals surface area contributed by atoms with Gasteiger partial charge in [0, 0.05) is 23.4 Å². The standard InChI is InChI=1S/C28H26ClFN4O2/c1-18(2)33(27(36)22-12-8-7-9-19(22)3)17-26(35)32-28-31-25(20-10-5-4-6-11-20)16-34(28)21-13-14-24(30)23(29)15-21/h4-16,18H,17H2,1-3H3,(H,31,32,35). The fourth-order valence-electron chi connectivity index (χ4n) is 3.82. The Morgan fingerprint density at radius 1 is 1.06 bits per heavy atom. The van der Waals surface area contributed by atoms with Crippen molar-refractivity contribution in [2.45, 2.75) is 26.8 Å². The molecule has 0 aliphatic rings. The molecule has 3 aromatic carbocycles. The van der Waals surface area contributed by atoms with E-state index in [1.807, 2.05) is 63.2 Å². The molecule has 184 valence electrons. The number of amides is 2. The summed E-state index contributed by atoms with van der Waals surface area (Å²) in [6.45, 7) is 5.42. The first-order valence-corrected chi connectivity index (χ1v) is 11.9. The van der Waals surface area contributed by atoms with Crippen LogP contribution < -0.4 is 5.32 Å². The van der Waals surface area contributed by atoms with E-state index in [1.165, 1.54) is 17.0 Å². The topological polar surface area (TPSA) is 67.2 Å². The summed E-state index contributed by atoms with van der Waals surface area (Å²) < 4.78 is 15.4. The molecule has 6 nitrogen and oxygen atoms in total. The van der Waals surface area contributed by atoms with Gasteiger partial charge >= 0.3 is 0 Å². The van der Waals surface area contributed by atoms with E-state index in [4.69, 9.17) is 11.6 Å². The minimum absolute atomic E-state index is 0.0467. The lowest BCUT2D eigenvalue weighted by molar-refractivity contribution is -0.117. The van der Waals surface area contributed by atoms with E-state index in [0.717, 1.165) is 11.1 Å². The van der Waals surface area contributed by atoms with E-state index in [9.17, 15) is 14.0 Å². The van der Waals surface area contributed by atoms with Gasteiger partial charge in [-0.3, -0.25) is 19.5 Å². The largest absolute Gasteiger partial charge is 0.327 e. The molecule has 0 saturated heterocycles. The first-order chi connectivity index (χ1) is 17.2. The first-order valence-electron chi connectivity index (χ1n) is 11.5. The molecule has 8 heteroatoms. The predicted molar refractivity (Wildman–Crippen MR) is 140 cm³/mol. The van der Waals surface area contributed by atoms with Crippen LogP contribution in [-0.4, -0.2) is 38.9 Å². The number of halogens is 2. The van der Waals surface area contributed by atoms with Crippen LogP contribution >= 0.6 is 11.6 Å². The van der Waals surface area contributed by atoms with E-state index >= 15 is 0 Å². The molecule has 36 heavy (non-hydrogen) atoms. The number of nitrogens with one attached hydrogen (secondary N) is 1. The molecule has 0 aliphatic heterocycles. The van der Waals surface area contributed by atoms with Crippen LogP contribution in [0.3, 0.4) is 0 Å². The van der Waals surface area contributed by atoms with Gasteiger partial charge in [0.15, 0.2) is 0 Å². The number of hydrogen-bond donors (Lipinski definition) is 1. The van der Waals surface area contributed by atoms with Gasteiger partial charge < -0.3 is 4.90 Å². The Labute approximate surface area is 214 Å². The third-order valence-electron chi connectivity index (χ3n) is 5.78. The average Bonchev–Trinajstić information content (AvgIpc) is 3.28. The number of anilines is 1. The minimum atomic E-state index is -0.545. The van der Waals surface area contributed by atoms with Crippen molar-refractivity contribution in [3.8, 4) is 16.9 Å². The molecule has 1 heterocycles. The zero-order chi connectivity index (χ0) is 25.8. The lowest BCUT2D eigenvalue weighted by atomic mass is 10.1.